The predicted octanol–water partition coefficient (Wildman–Crippen LogP) is 12.2. The first-order chi connectivity index (χ1) is 24.0. The van der Waals surface area contributed by atoms with Gasteiger partial charge in [0.15, 0.2) is 0 Å². The Morgan fingerprint density at radius 3 is 2.18 bits per heavy atom. The molecular formula is C46H45N3. The van der Waals surface area contributed by atoms with Crippen LogP contribution in [0, 0.1) is 5.92 Å². The van der Waals surface area contributed by atoms with Crippen LogP contribution in [0.25, 0.3) is 27.5 Å². The monoisotopic (exact) mass is 639 g/mol. The van der Waals surface area contributed by atoms with Crippen molar-refractivity contribution in [2.75, 3.05) is 16.3 Å². The first-order valence-corrected chi connectivity index (χ1v) is 17.5. The Hall–Kier alpha value is -5.54. The highest BCUT2D eigenvalue weighted by Gasteiger charge is 2.23. The molecule has 7 rings (SSSR count). The van der Waals surface area contributed by atoms with E-state index in [9.17, 15) is 0 Å². The van der Waals surface area contributed by atoms with E-state index in [1.165, 1.54) is 44.5 Å². The van der Waals surface area contributed by atoms with Gasteiger partial charge in [-0.1, -0.05) is 118 Å². The van der Waals surface area contributed by atoms with E-state index >= 15 is 0 Å². The number of fused-ring (bicyclic) bond motifs is 4. The third-order valence-electron chi connectivity index (χ3n) is 9.54. The van der Waals surface area contributed by atoms with E-state index in [4.69, 9.17) is 0 Å². The zero-order chi connectivity index (χ0) is 33.7. The van der Waals surface area contributed by atoms with E-state index in [1.807, 2.05) is 6.08 Å². The largest absolute Gasteiger partial charge is 0.341 e. The molecule has 0 spiro atoms. The van der Waals surface area contributed by atoms with E-state index in [-0.39, 0.29) is 0 Å². The van der Waals surface area contributed by atoms with Crippen LogP contribution in [0.3, 0.4) is 0 Å². The molecular weight excluding hydrogens is 595 g/mol. The smallest absolute Gasteiger partial charge is 0.0541 e. The van der Waals surface area contributed by atoms with Gasteiger partial charge in [-0.2, -0.15) is 0 Å². The molecule has 49 heavy (non-hydrogen) atoms. The number of nitrogens with zero attached hydrogens (tertiary/aromatic N) is 3. The second-order valence-corrected chi connectivity index (χ2v) is 13.2. The van der Waals surface area contributed by atoms with Crippen LogP contribution in [-0.4, -0.2) is 11.1 Å². The summed E-state index contributed by atoms with van der Waals surface area (Å²) in [6.07, 6.45) is 23.9. The summed E-state index contributed by atoms with van der Waals surface area (Å²) >= 11 is 0. The Balaban J connectivity index is 1.29. The van der Waals surface area contributed by atoms with Crippen molar-refractivity contribution >= 4 is 33.2 Å². The molecule has 3 nitrogen and oxygen atoms in total. The highest BCUT2D eigenvalue weighted by molar-refractivity contribution is 6.09. The molecule has 2 aliphatic rings. The molecule has 2 heterocycles. The van der Waals surface area contributed by atoms with Crippen LogP contribution in [0.4, 0.5) is 11.4 Å². The zero-order valence-corrected chi connectivity index (χ0v) is 28.8. The summed E-state index contributed by atoms with van der Waals surface area (Å²) in [4.78, 5) is 4.90. The van der Waals surface area contributed by atoms with Gasteiger partial charge >= 0.3 is 0 Å². The van der Waals surface area contributed by atoms with E-state index in [2.05, 4.69) is 193 Å². The van der Waals surface area contributed by atoms with Gasteiger partial charge in [0, 0.05) is 57.4 Å². The molecule has 3 heteroatoms. The van der Waals surface area contributed by atoms with Crippen molar-refractivity contribution in [3.63, 3.8) is 0 Å². The lowest BCUT2D eigenvalue weighted by Crippen LogP contribution is -2.27. The molecule has 1 aliphatic heterocycles. The van der Waals surface area contributed by atoms with Crippen LogP contribution in [0.5, 0.6) is 0 Å². The van der Waals surface area contributed by atoms with Crippen molar-refractivity contribution in [1.82, 2.24) is 4.57 Å². The lowest BCUT2D eigenvalue weighted by Gasteiger charge is -2.34. The lowest BCUT2D eigenvalue weighted by atomic mass is 9.97. The first-order valence-electron chi connectivity index (χ1n) is 17.5. The molecule has 1 aliphatic carbocycles. The Labute approximate surface area is 291 Å². The maximum Gasteiger partial charge on any atom is 0.0541 e. The summed E-state index contributed by atoms with van der Waals surface area (Å²) < 4.78 is 2.38. The standard InChI is InChI=1S/C46H45N3/c1-5-15-37(24-23-34(2)3)48(38-27-25-36(26-28-38)47-33-14-6-7-16-35(4)41-17-8-11-20-44(41)47)39-29-31-40(32-30-39)49-45-21-12-9-18-42(45)43-19-10-13-22-46(43)49/h5-25,27,29-32,34-35H,1,26,28,33H2,2-4H3/b14-6-,16-7-,24-23-,37-15+. The summed E-state index contributed by atoms with van der Waals surface area (Å²) in [5.41, 5.74) is 11.1. The van der Waals surface area contributed by atoms with Crippen molar-refractivity contribution in [3.05, 3.63) is 187 Å². The number of para-hydroxylation sites is 3. The van der Waals surface area contributed by atoms with Gasteiger partial charge in [0.1, 0.15) is 0 Å². The maximum atomic E-state index is 4.09. The average Bonchev–Trinajstić information content (AvgIpc) is 3.50. The maximum absolute atomic E-state index is 4.09. The molecule has 0 amide bonds. The van der Waals surface area contributed by atoms with Crippen molar-refractivity contribution in [2.45, 2.75) is 39.5 Å². The minimum Gasteiger partial charge on any atom is -0.341 e. The molecule has 0 bridgehead atoms. The highest BCUT2D eigenvalue weighted by Crippen LogP contribution is 2.38. The van der Waals surface area contributed by atoms with Crippen LogP contribution < -0.4 is 9.80 Å². The predicted molar refractivity (Wildman–Crippen MR) is 211 cm³/mol. The van der Waals surface area contributed by atoms with Crippen LogP contribution in [0.1, 0.15) is 45.1 Å². The molecule has 0 fully saturated rings. The molecule has 0 radical (unpaired) electrons. The van der Waals surface area contributed by atoms with E-state index in [0.29, 0.717) is 11.8 Å². The fraction of sp³-hybridized carbons (Fsp3) is 0.174. The van der Waals surface area contributed by atoms with Gasteiger partial charge < -0.3 is 14.4 Å². The molecule has 1 unspecified atom stereocenters. The SMILES string of the molecule is C=C/C=C(\C=C/C(C)C)N(C1=CC=C(N2C/C=C\C=C/C(C)c3ccccc32)CC1)c1ccc(-n2c3ccccc3c3ccccc32)cc1. The molecule has 5 aromatic rings. The number of hydrogen-bond acceptors (Lipinski definition) is 2. The molecule has 1 aromatic heterocycles. The number of benzene rings is 4. The Morgan fingerprint density at radius 1 is 0.816 bits per heavy atom. The summed E-state index contributed by atoms with van der Waals surface area (Å²) in [5, 5.41) is 2.54. The Kier molecular flexibility index (Phi) is 9.34. The highest BCUT2D eigenvalue weighted by atomic mass is 15.2. The summed E-state index contributed by atoms with van der Waals surface area (Å²) in [7, 11) is 0. The fourth-order valence-electron chi connectivity index (χ4n) is 7.14. The number of allylic oxidation sites excluding steroid dienone is 11. The van der Waals surface area contributed by atoms with Gasteiger partial charge in [0.25, 0.3) is 0 Å². The van der Waals surface area contributed by atoms with Crippen LogP contribution >= 0.6 is 0 Å². The van der Waals surface area contributed by atoms with Crippen LogP contribution in [-0.2, 0) is 0 Å². The molecule has 1 atom stereocenters. The number of aromatic nitrogens is 1. The molecule has 0 saturated carbocycles. The fourth-order valence-corrected chi connectivity index (χ4v) is 7.14. The number of rotatable bonds is 8. The van der Waals surface area contributed by atoms with Gasteiger partial charge in [-0.3, -0.25) is 0 Å². The second kappa shape index (κ2) is 14.3. The van der Waals surface area contributed by atoms with Crippen LogP contribution in [0.2, 0.25) is 0 Å². The minimum absolute atomic E-state index is 0.345. The van der Waals surface area contributed by atoms with Crippen molar-refractivity contribution in [3.8, 4) is 5.69 Å². The average molecular weight is 640 g/mol. The van der Waals surface area contributed by atoms with Crippen molar-refractivity contribution in [1.29, 1.82) is 0 Å². The third-order valence-corrected chi connectivity index (χ3v) is 9.54. The Bertz CT molecular complexity index is 2110. The van der Waals surface area contributed by atoms with Gasteiger partial charge in [-0.15, -0.1) is 0 Å². The topological polar surface area (TPSA) is 11.4 Å². The molecule has 244 valence electrons. The van der Waals surface area contributed by atoms with E-state index < -0.39 is 0 Å². The summed E-state index contributed by atoms with van der Waals surface area (Å²) in [6.45, 7) is 11.6. The normalized spacial score (nSPS) is 18.1. The number of hydrogen-bond donors (Lipinski definition) is 0. The van der Waals surface area contributed by atoms with Gasteiger partial charge in [0.05, 0.1) is 11.0 Å². The van der Waals surface area contributed by atoms with E-state index in [1.54, 1.807) is 0 Å². The van der Waals surface area contributed by atoms with Crippen molar-refractivity contribution in [2.24, 2.45) is 5.92 Å². The molecule has 4 aromatic carbocycles. The summed E-state index contributed by atoms with van der Waals surface area (Å²) in [5.74, 6) is 0.776. The van der Waals surface area contributed by atoms with Gasteiger partial charge in [0.2, 0.25) is 0 Å². The minimum atomic E-state index is 0.345. The molecule has 0 N–H and O–H groups in total. The van der Waals surface area contributed by atoms with Crippen molar-refractivity contribution < 1.29 is 0 Å². The summed E-state index contributed by atoms with van der Waals surface area (Å²) in [6, 6.07) is 35.2. The van der Waals surface area contributed by atoms with E-state index in [0.717, 1.165) is 36.5 Å². The van der Waals surface area contributed by atoms with Gasteiger partial charge in [-0.05, 0) is 91.1 Å². The quantitative estimate of drug-likeness (QED) is 0.157. The van der Waals surface area contributed by atoms with Crippen LogP contribution in [0.15, 0.2) is 181 Å². The second-order valence-electron chi connectivity index (χ2n) is 13.2. The zero-order valence-electron chi connectivity index (χ0n) is 28.8. The Morgan fingerprint density at radius 2 is 1.51 bits per heavy atom. The number of anilines is 2. The molecule has 0 saturated heterocycles. The third kappa shape index (κ3) is 6.49. The lowest BCUT2D eigenvalue weighted by molar-refractivity contribution is 0.806. The van der Waals surface area contributed by atoms with Gasteiger partial charge in [-0.25, -0.2) is 0 Å². The first kappa shape index (κ1) is 32.0.